The molecule has 0 aromatic carbocycles. The molecule has 4 amide bonds. The number of fused-ring (bicyclic) bond motifs is 1. The first-order valence-electron chi connectivity index (χ1n) is 14.8. The second-order valence-electron chi connectivity index (χ2n) is 13.9. The van der Waals surface area contributed by atoms with Gasteiger partial charge in [0.1, 0.15) is 17.7 Å². The fourth-order valence-corrected chi connectivity index (χ4v) is 7.10. The monoisotopic (exact) mass is 548 g/mol. The highest BCUT2D eigenvalue weighted by Gasteiger charge is 2.69. The number of hydrogen-bond acceptors (Lipinski definition) is 6. The predicted molar refractivity (Wildman–Crippen MR) is 145 cm³/mol. The summed E-state index contributed by atoms with van der Waals surface area (Å²) in [6.07, 6.45) is 6.13. The fourth-order valence-electron chi connectivity index (χ4n) is 7.10. The number of carbonyl (C=O) groups excluding carboxylic acids is 4. The maximum Gasteiger partial charge on any atom is 0.408 e. The Morgan fingerprint density at radius 2 is 1.67 bits per heavy atom. The van der Waals surface area contributed by atoms with Crippen molar-refractivity contribution in [3.63, 3.8) is 0 Å². The van der Waals surface area contributed by atoms with Gasteiger partial charge in [0.25, 0.3) is 0 Å². The molecule has 0 bridgehead atoms. The van der Waals surface area contributed by atoms with E-state index in [1.165, 1.54) is 0 Å². The number of likely N-dealkylation sites (tertiary alicyclic amines) is 1. The minimum Gasteiger partial charge on any atom is -0.444 e. The Morgan fingerprint density at radius 1 is 1.03 bits per heavy atom. The summed E-state index contributed by atoms with van der Waals surface area (Å²) in [5, 5.41) is 16.3. The zero-order valence-electron chi connectivity index (χ0n) is 24.2. The third-order valence-corrected chi connectivity index (χ3v) is 9.63. The molecule has 0 aromatic heterocycles. The Labute approximate surface area is 232 Å². The van der Waals surface area contributed by atoms with E-state index in [-0.39, 0.29) is 35.0 Å². The van der Waals surface area contributed by atoms with Gasteiger partial charge in [-0.1, -0.05) is 52.4 Å². The molecule has 3 aliphatic carbocycles. The van der Waals surface area contributed by atoms with Gasteiger partial charge < -0.3 is 31.1 Å². The maximum absolute atomic E-state index is 14.2. The lowest BCUT2D eigenvalue weighted by Gasteiger charge is -2.38. The average Bonchev–Trinajstić information content (AvgIpc) is 3.15. The van der Waals surface area contributed by atoms with Gasteiger partial charge in [-0.3, -0.25) is 14.4 Å². The van der Waals surface area contributed by atoms with Crippen molar-refractivity contribution in [2.45, 2.75) is 122 Å². The molecule has 220 valence electrons. The molecule has 1 heterocycles. The molecule has 6 atom stereocenters. The van der Waals surface area contributed by atoms with E-state index in [1.807, 2.05) is 0 Å². The molecule has 1 aliphatic heterocycles. The minimum absolute atomic E-state index is 0.0320. The van der Waals surface area contributed by atoms with Crippen LogP contribution in [0.2, 0.25) is 0 Å². The van der Waals surface area contributed by atoms with Gasteiger partial charge in [-0.15, -0.1) is 0 Å². The molecule has 3 saturated carbocycles. The SMILES string of the molecule is CC(C)(C)OC(=O)N[C@H](C(=O)N1CC2C([C@H]1C(=O)NC(CC1CCC1)C(O)C(N)=O)C2(C)C)C1CCCCC1. The molecule has 4 aliphatic rings. The van der Waals surface area contributed by atoms with Crippen LogP contribution in [0.3, 0.4) is 0 Å². The van der Waals surface area contributed by atoms with Crippen LogP contribution in [0.5, 0.6) is 0 Å². The summed E-state index contributed by atoms with van der Waals surface area (Å²) in [6, 6.07) is -2.32. The lowest BCUT2D eigenvalue weighted by atomic mass is 9.79. The van der Waals surface area contributed by atoms with Gasteiger partial charge in [-0.25, -0.2) is 4.79 Å². The second kappa shape index (κ2) is 11.3. The lowest BCUT2D eigenvalue weighted by molar-refractivity contribution is -0.144. The number of hydrogen-bond donors (Lipinski definition) is 4. The quantitative estimate of drug-likeness (QED) is 0.347. The molecule has 1 saturated heterocycles. The molecule has 4 unspecified atom stereocenters. The zero-order valence-corrected chi connectivity index (χ0v) is 24.2. The van der Waals surface area contributed by atoms with Crippen molar-refractivity contribution in [1.29, 1.82) is 0 Å². The van der Waals surface area contributed by atoms with Gasteiger partial charge in [-0.05, 0) is 69.1 Å². The molecular weight excluding hydrogens is 500 g/mol. The standard InChI is InChI=1S/C29H48N4O6/c1-28(2,3)39-27(38)32-21(17-12-7-6-8-13-17)26(37)33-15-18-20(29(18,4)5)22(33)25(36)31-19(23(34)24(30)35)14-16-10-9-11-16/h16-23,34H,6-15H2,1-5H3,(H2,30,35)(H,31,36)(H,32,38)/t18?,19?,20?,21-,22-,23?/m0/s1. The van der Waals surface area contributed by atoms with E-state index in [1.54, 1.807) is 25.7 Å². The highest BCUT2D eigenvalue weighted by atomic mass is 16.6. The summed E-state index contributed by atoms with van der Waals surface area (Å²) in [4.78, 5) is 54.3. The highest BCUT2D eigenvalue weighted by Crippen LogP contribution is 2.65. The molecule has 4 fully saturated rings. The minimum atomic E-state index is -1.49. The number of primary amides is 1. The van der Waals surface area contributed by atoms with Gasteiger partial charge in [0, 0.05) is 6.54 Å². The summed E-state index contributed by atoms with van der Waals surface area (Å²) in [7, 11) is 0. The van der Waals surface area contributed by atoms with Crippen LogP contribution in [0.1, 0.15) is 92.4 Å². The summed E-state index contributed by atoms with van der Waals surface area (Å²) in [5.41, 5.74) is 4.60. The Balaban J connectivity index is 1.55. The van der Waals surface area contributed by atoms with E-state index in [4.69, 9.17) is 10.5 Å². The van der Waals surface area contributed by atoms with Gasteiger partial charge >= 0.3 is 6.09 Å². The van der Waals surface area contributed by atoms with Crippen LogP contribution in [-0.2, 0) is 19.1 Å². The number of rotatable bonds is 9. The first-order valence-corrected chi connectivity index (χ1v) is 14.8. The Bertz CT molecular complexity index is 952. The van der Waals surface area contributed by atoms with Crippen LogP contribution >= 0.6 is 0 Å². The van der Waals surface area contributed by atoms with Crippen LogP contribution in [0, 0.1) is 29.1 Å². The number of nitrogens with one attached hydrogen (secondary N) is 2. The molecule has 5 N–H and O–H groups in total. The van der Waals surface area contributed by atoms with Gasteiger partial charge in [-0.2, -0.15) is 0 Å². The van der Waals surface area contributed by atoms with Crippen molar-refractivity contribution >= 4 is 23.8 Å². The first kappa shape index (κ1) is 29.6. The highest BCUT2D eigenvalue weighted by molar-refractivity contribution is 5.93. The van der Waals surface area contributed by atoms with Crippen molar-refractivity contribution in [1.82, 2.24) is 15.5 Å². The number of carbonyl (C=O) groups is 4. The van der Waals surface area contributed by atoms with Crippen molar-refractivity contribution in [2.24, 2.45) is 34.8 Å². The number of nitrogens with zero attached hydrogens (tertiary/aromatic N) is 1. The molecular formula is C29H48N4O6. The normalized spacial score (nSPS) is 28.9. The number of piperidine rings is 1. The van der Waals surface area contributed by atoms with Crippen LogP contribution in [0.25, 0.3) is 0 Å². The van der Waals surface area contributed by atoms with Gasteiger partial charge in [0.05, 0.1) is 6.04 Å². The lowest BCUT2D eigenvalue weighted by Crippen LogP contribution is -2.60. The smallest absolute Gasteiger partial charge is 0.408 e. The number of aliphatic hydroxyl groups is 1. The first-order chi connectivity index (χ1) is 18.2. The Morgan fingerprint density at radius 3 is 2.21 bits per heavy atom. The maximum atomic E-state index is 14.2. The summed E-state index contributed by atoms with van der Waals surface area (Å²) >= 11 is 0. The van der Waals surface area contributed by atoms with Crippen LogP contribution in [-0.4, -0.2) is 70.2 Å². The van der Waals surface area contributed by atoms with E-state index >= 15 is 0 Å². The van der Waals surface area contributed by atoms with Crippen LogP contribution in [0.15, 0.2) is 0 Å². The Kier molecular flexibility index (Phi) is 8.55. The molecule has 10 heteroatoms. The molecule has 0 radical (unpaired) electrons. The van der Waals surface area contributed by atoms with E-state index < -0.39 is 41.8 Å². The van der Waals surface area contributed by atoms with Crippen LogP contribution in [0.4, 0.5) is 4.79 Å². The van der Waals surface area contributed by atoms with Crippen molar-refractivity contribution < 1.29 is 29.0 Å². The number of ether oxygens (including phenoxy) is 1. The van der Waals surface area contributed by atoms with E-state index in [2.05, 4.69) is 24.5 Å². The fraction of sp³-hybridized carbons (Fsp3) is 0.862. The summed E-state index contributed by atoms with van der Waals surface area (Å²) in [5.74, 6) is -1.09. The molecule has 4 rings (SSSR count). The topological polar surface area (TPSA) is 151 Å². The van der Waals surface area contributed by atoms with Crippen molar-refractivity contribution in [3.8, 4) is 0 Å². The number of aliphatic hydroxyl groups excluding tert-OH is 1. The Hall–Kier alpha value is -2.36. The second-order valence-corrected chi connectivity index (χ2v) is 13.9. The molecule has 0 spiro atoms. The van der Waals surface area contributed by atoms with E-state index in [9.17, 15) is 24.3 Å². The third-order valence-electron chi connectivity index (χ3n) is 9.63. The third kappa shape index (κ3) is 6.52. The zero-order chi connectivity index (χ0) is 28.7. The summed E-state index contributed by atoms with van der Waals surface area (Å²) in [6.45, 7) is 9.97. The van der Waals surface area contributed by atoms with Gasteiger partial charge in [0.15, 0.2) is 6.10 Å². The molecule has 39 heavy (non-hydrogen) atoms. The van der Waals surface area contributed by atoms with Crippen LogP contribution < -0.4 is 16.4 Å². The molecule has 0 aromatic rings. The van der Waals surface area contributed by atoms with Crippen molar-refractivity contribution in [3.05, 3.63) is 0 Å². The number of amides is 4. The molecule has 10 nitrogen and oxygen atoms in total. The van der Waals surface area contributed by atoms with E-state index in [0.717, 1.165) is 51.4 Å². The number of alkyl carbamates (subject to hydrolysis) is 1. The van der Waals surface area contributed by atoms with Crippen molar-refractivity contribution in [2.75, 3.05) is 6.54 Å². The number of nitrogens with two attached hydrogens (primary N) is 1. The summed E-state index contributed by atoms with van der Waals surface area (Å²) < 4.78 is 5.49. The van der Waals surface area contributed by atoms with E-state index in [0.29, 0.717) is 18.9 Å². The largest absolute Gasteiger partial charge is 0.444 e. The van der Waals surface area contributed by atoms with Gasteiger partial charge in [0.2, 0.25) is 17.7 Å². The predicted octanol–water partition coefficient (Wildman–Crippen LogP) is 2.46. The average molecular weight is 549 g/mol.